The van der Waals surface area contributed by atoms with Crippen LogP contribution in [0.15, 0.2) is 42.5 Å². The summed E-state index contributed by atoms with van der Waals surface area (Å²) in [5, 5.41) is 3.36. The van der Waals surface area contributed by atoms with E-state index in [2.05, 4.69) is 5.32 Å². The molecule has 2 aromatic carbocycles. The lowest BCUT2D eigenvalue weighted by Crippen LogP contribution is -2.03. The molecule has 100 valence electrons. The van der Waals surface area contributed by atoms with E-state index in [0.717, 1.165) is 11.4 Å². The maximum atomic E-state index is 13.3. The topological polar surface area (TPSA) is 21.3 Å². The van der Waals surface area contributed by atoms with Crippen molar-refractivity contribution < 1.29 is 9.13 Å². The highest BCUT2D eigenvalue weighted by Gasteiger charge is 2.07. The van der Waals surface area contributed by atoms with Gasteiger partial charge in [0.1, 0.15) is 11.6 Å². The molecule has 0 unspecified atom stereocenters. The van der Waals surface area contributed by atoms with Gasteiger partial charge in [0.25, 0.3) is 0 Å². The van der Waals surface area contributed by atoms with Crippen molar-refractivity contribution >= 4 is 17.3 Å². The van der Waals surface area contributed by atoms with Gasteiger partial charge < -0.3 is 10.1 Å². The van der Waals surface area contributed by atoms with Crippen LogP contribution in [0.25, 0.3) is 0 Å². The van der Waals surface area contributed by atoms with Crippen LogP contribution in [0.4, 0.5) is 10.1 Å². The van der Waals surface area contributed by atoms with Crippen LogP contribution in [-0.4, -0.2) is 6.61 Å². The van der Waals surface area contributed by atoms with Gasteiger partial charge in [-0.05, 0) is 30.7 Å². The molecule has 0 aliphatic rings. The summed E-state index contributed by atoms with van der Waals surface area (Å²) in [6.07, 6.45) is 0. The summed E-state index contributed by atoms with van der Waals surface area (Å²) in [5.41, 5.74) is 1.58. The first kappa shape index (κ1) is 13.7. The second kappa shape index (κ2) is 6.43. The van der Waals surface area contributed by atoms with Crippen LogP contribution in [0, 0.1) is 5.82 Å². The van der Waals surface area contributed by atoms with Crippen LogP contribution in [0.5, 0.6) is 5.75 Å². The summed E-state index contributed by atoms with van der Waals surface area (Å²) in [7, 11) is 0. The van der Waals surface area contributed by atoms with E-state index in [1.807, 2.05) is 31.2 Å². The van der Waals surface area contributed by atoms with E-state index in [-0.39, 0.29) is 5.02 Å². The minimum absolute atomic E-state index is 0.156. The molecule has 0 saturated carbocycles. The molecule has 1 N–H and O–H groups in total. The Labute approximate surface area is 117 Å². The van der Waals surface area contributed by atoms with E-state index in [0.29, 0.717) is 18.7 Å². The van der Waals surface area contributed by atoms with Crippen LogP contribution >= 0.6 is 11.6 Å². The van der Waals surface area contributed by atoms with Crippen molar-refractivity contribution in [3.05, 3.63) is 58.9 Å². The fraction of sp³-hybridized carbons (Fsp3) is 0.200. The van der Waals surface area contributed by atoms with E-state index >= 15 is 0 Å². The smallest absolute Gasteiger partial charge is 0.142 e. The standard InChI is InChI=1S/C15H15ClFNO/c1-2-19-14-9-4-3-8-13(14)18-10-11-6-5-7-12(17)15(11)16/h3-9,18H,2,10H2,1H3. The molecule has 0 atom stereocenters. The molecule has 0 amide bonds. The van der Waals surface area contributed by atoms with Crippen molar-refractivity contribution in [2.45, 2.75) is 13.5 Å². The molecule has 0 aliphatic carbocycles. The minimum Gasteiger partial charge on any atom is -0.492 e. The van der Waals surface area contributed by atoms with Crippen LogP contribution in [0.2, 0.25) is 5.02 Å². The average Bonchev–Trinajstić information content (AvgIpc) is 2.42. The van der Waals surface area contributed by atoms with Gasteiger partial charge in [-0.25, -0.2) is 4.39 Å². The molecule has 2 rings (SSSR count). The lowest BCUT2D eigenvalue weighted by Gasteiger charge is -2.13. The SMILES string of the molecule is CCOc1ccccc1NCc1cccc(F)c1Cl. The Kier molecular flexibility index (Phi) is 4.63. The second-order valence-electron chi connectivity index (χ2n) is 4.00. The first-order chi connectivity index (χ1) is 9.22. The largest absolute Gasteiger partial charge is 0.492 e. The van der Waals surface area contributed by atoms with Gasteiger partial charge in [-0.15, -0.1) is 0 Å². The Bertz CT molecular complexity index is 560. The Hall–Kier alpha value is -1.74. The van der Waals surface area contributed by atoms with Gasteiger partial charge in [0, 0.05) is 6.54 Å². The van der Waals surface area contributed by atoms with Gasteiger partial charge >= 0.3 is 0 Å². The molecule has 0 heterocycles. The highest BCUT2D eigenvalue weighted by atomic mass is 35.5. The number of ether oxygens (including phenoxy) is 1. The lowest BCUT2D eigenvalue weighted by atomic mass is 10.2. The number of nitrogens with one attached hydrogen (secondary N) is 1. The Morgan fingerprint density at radius 2 is 1.95 bits per heavy atom. The third kappa shape index (κ3) is 3.38. The molecule has 0 fully saturated rings. The van der Waals surface area contributed by atoms with Crippen LogP contribution < -0.4 is 10.1 Å². The summed E-state index contributed by atoms with van der Waals surface area (Å²) in [6.45, 7) is 2.97. The summed E-state index contributed by atoms with van der Waals surface area (Å²) in [6, 6.07) is 12.4. The normalized spacial score (nSPS) is 10.3. The predicted octanol–water partition coefficient (Wildman–Crippen LogP) is 4.49. The van der Waals surface area contributed by atoms with Crippen molar-refractivity contribution in [3.63, 3.8) is 0 Å². The second-order valence-corrected chi connectivity index (χ2v) is 4.37. The number of hydrogen-bond donors (Lipinski definition) is 1. The molecule has 0 aliphatic heterocycles. The van der Waals surface area contributed by atoms with E-state index in [1.165, 1.54) is 6.07 Å². The Morgan fingerprint density at radius 3 is 2.74 bits per heavy atom. The van der Waals surface area contributed by atoms with Crippen LogP contribution in [0.1, 0.15) is 12.5 Å². The van der Waals surface area contributed by atoms with Gasteiger partial charge in [-0.3, -0.25) is 0 Å². The molecule has 19 heavy (non-hydrogen) atoms. The molecule has 0 spiro atoms. The predicted molar refractivity (Wildman–Crippen MR) is 76.3 cm³/mol. The average molecular weight is 280 g/mol. The van der Waals surface area contributed by atoms with Gasteiger partial charge in [-0.1, -0.05) is 35.9 Å². The summed E-state index contributed by atoms with van der Waals surface area (Å²) in [4.78, 5) is 0. The van der Waals surface area contributed by atoms with E-state index < -0.39 is 5.82 Å². The van der Waals surface area contributed by atoms with Crippen LogP contribution in [0.3, 0.4) is 0 Å². The van der Waals surface area contributed by atoms with E-state index in [9.17, 15) is 4.39 Å². The molecule has 0 saturated heterocycles. The third-order valence-electron chi connectivity index (χ3n) is 2.69. The minimum atomic E-state index is -0.404. The molecule has 0 bridgehead atoms. The van der Waals surface area contributed by atoms with Crippen molar-refractivity contribution in [3.8, 4) is 5.75 Å². The fourth-order valence-electron chi connectivity index (χ4n) is 1.77. The molecule has 2 aromatic rings. The van der Waals surface area contributed by atoms with E-state index in [4.69, 9.17) is 16.3 Å². The van der Waals surface area contributed by atoms with Crippen LogP contribution in [-0.2, 0) is 6.54 Å². The zero-order chi connectivity index (χ0) is 13.7. The summed E-state index contributed by atoms with van der Waals surface area (Å²) < 4.78 is 18.8. The number of rotatable bonds is 5. The maximum Gasteiger partial charge on any atom is 0.142 e. The number of hydrogen-bond acceptors (Lipinski definition) is 2. The first-order valence-corrected chi connectivity index (χ1v) is 6.48. The van der Waals surface area contributed by atoms with Crippen molar-refractivity contribution in [1.29, 1.82) is 0 Å². The number of anilines is 1. The molecule has 2 nitrogen and oxygen atoms in total. The van der Waals surface area contributed by atoms with Crippen molar-refractivity contribution in [2.24, 2.45) is 0 Å². The highest BCUT2D eigenvalue weighted by Crippen LogP contribution is 2.26. The highest BCUT2D eigenvalue weighted by molar-refractivity contribution is 6.31. The number of halogens is 2. The molecular formula is C15H15ClFNO. The number of benzene rings is 2. The lowest BCUT2D eigenvalue weighted by molar-refractivity contribution is 0.341. The monoisotopic (exact) mass is 279 g/mol. The van der Waals surface area contributed by atoms with Gasteiger partial charge in [0.15, 0.2) is 0 Å². The third-order valence-corrected chi connectivity index (χ3v) is 3.11. The first-order valence-electron chi connectivity index (χ1n) is 6.11. The zero-order valence-corrected chi connectivity index (χ0v) is 11.4. The summed E-state index contributed by atoms with van der Waals surface area (Å²) >= 11 is 5.91. The van der Waals surface area contributed by atoms with Gasteiger partial charge in [0.2, 0.25) is 0 Å². The molecule has 0 radical (unpaired) electrons. The van der Waals surface area contributed by atoms with Crippen molar-refractivity contribution in [1.82, 2.24) is 0 Å². The van der Waals surface area contributed by atoms with Crippen molar-refractivity contribution in [2.75, 3.05) is 11.9 Å². The molecule has 0 aromatic heterocycles. The Morgan fingerprint density at radius 1 is 1.16 bits per heavy atom. The molecule has 4 heteroatoms. The van der Waals surface area contributed by atoms with Gasteiger partial charge in [0.05, 0.1) is 17.3 Å². The maximum absolute atomic E-state index is 13.3. The van der Waals surface area contributed by atoms with E-state index in [1.54, 1.807) is 12.1 Å². The van der Waals surface area contributed by atoms with Gasteiger partial charge in [-0.2, -0.15) is 0 Å². The quantitative estimate of drug-likeness (QED) is 0.871. The zero-order valence-electron chi connectivity index (χ0n) is 10.6. The fourth-order valence-corrected chi connectivity index (χ4v) is 1.96. The Balaban J connectivity index is 2.12. The molecular weight excluding hydrogens is 265 g/mol. The summed E-state index contributed by atoms with van der Waals surface area (Å²) in [5.74, 6) is 0.372. The number of para-hydroxylation sites is 2.